The molecule has 34 heavy (non-hydrogen) atoms. The summed E-state index contributed by atoms with van der Waals surface area (Å²) in [5.74, 6) is -3.42. The summed E-state index contributed by atoms with van der Waals surface area (Å²) >= 11 is -2.82. The molecule has 0 bridgehead atoms. The van der Waals surface area contributed by atoms with Gasteiger partial charge in [0.05, 0.1) is 17.4 Å². The highest BCUT2D eigenvalue weighted by molar-refractivity contribution is 7.80. The molecule has 1 atom stereocenters. The first kappa shape index (κ1) is 23.2. The van der Waals surface area contributed by atoms with E-state index >= 15 is 4.39 Å². The fourth-order valence-electron chi connectivity index (χ4n) is 3.50. The Kier molecular flexibility index (Phi) is 6.22. The first-order valence-electron chi connectivity index (χ1n) is 9.94. The van der Waals surface area contributed by atoms with Gasteiger partial charge in [-0.25, -0.2) is 18.6 Å². The lowest BCUT2D eigenvalue weighted by molar-refractivity contribution is 0.103. The molecule has 4 rings (SSSR count). The van der Waals surface area contributed by atoms with Crippen LogP contribution in [0.2, 0.25) is 0 Å². The molecule has 3 aromatic heterocycles. The molecule has 1 aromatic carbocycles. The molecule has 0 radical (unpaired) electrons. The number of H-pyrrole nitrogens is 1. The first-order chi connectivity index (χ1) is 16.2. The normalized spacial score (nSPS) is 12.1. The molecule has 3 N–H and O–H groups in total. The van der Waals surface area contributed by atoms with Gasteiger partial charge in [0, 0.05) is 58.5 Å². The zero-order valence-corrected chi connectivity index (χ0v) is 18.4. The highest BCUT2D eigenvalue weighted by Gasteiger charge is 2.26. The van der Waals surface area contributed by atoms with Crippen molar-refractivity contribution in [3.05, 3.63) is 65.7 Å². The number of fused-ring (bicyclic) bond motifs is 1. The van der Waals surface area contributed by atoms with Crippen molar-refractivity contribution in [2.45, 2.75) is 13.3 Å². The summed E-state index contributed by atoms with van der Waals surface area (Å²) in [5, 5.41) is 4.09. The maximum absolute atomic E-state index is 15.3. The third-order valence-electron chi connectivity index (χ3n) is 5.09. The number of amides is 1. The van der Waals surface area contributed by atoms with Gasteiger partial charge in [0.1, 0.15) is 11.5 Å². The maximum atomic E-state index is 15.3. The quantitative estimate of drug-likeness (QED) is 0.302. The Balaban J connectivity index is 1.81. The van der Waals surface area contributed by atoms with E-state index in [-0.39, 0.29) is 23.1 Å². The fraction of sp³-hybridized carbons (Fsp3) is 0.143. The van der Waals surface area contributed by atoms with Crippen LogP contribution in [0.3, 0.4) is 0 Å². The number of nitrogens with one attached hydrogen (secondary N) is 1. The lowest BCUT2D eigenvalue weighted by Gasteiger charge is -2.26. The van der Waals surface area contributed by atoms with Crippen LogP contribution in [0, 0.1) is 11.6 Å². The molecule has 1 unspecified atom stereocenters. The van der Waals surface area contributed by atoms with Crippen molar-refractivity contribution in [2.75, 3.05) is 10.8 Å². The Morgan fingerprint density at radius 2 is 2.03 bits per heavy atom. The molecule has 0 aliphatic rings. The zero-order chi connectivity index (χ0) is 24.6. The van der Waals surface area contributed by atoms with E-state index in [1.807, 2.05) is 0 Å². The van der Waals surface area contributed by atoms with Crippen LogP contribution in [0.5, 0.6) is 0 Å². The smallest absolute Gasteiger partial charge is 0.339 e. The summed E-state index contributed by atoms with van der Waals surface area (Å²) in [6, 6.07) is 2.57. The molecular weight excluding hydrogens is 470 g/mol. The number of aromatic amines is 1. The Labute approximate surface area is 193 Å². The van der Waals surface area contributed by atoms with Crippen molar-refractivity contribution in [2.24, 2.45) is 5.73 Å². The number of hydrogen-bond acceptors (Lipinski definition) is 6. The first-order valence-corrected chi connectivity index (χ1v) is 11.0. The summed E-state index contributed by atoms with van der Waals surface area (Å²) in [6.07, 6.45) is 5.84. The number of anilines is 1. The molecule has 1 amide bonds. The number of ketones is 1. The monoisotopic (exact) mass is 487 g/mol. The summed E-state index contributed by atoms with van der Waals surface area (Å²) in [7, 11) is 0. The SMILES string of the molecule is CCCN(c1ccc(F)c(C(=O)c2c[nH]c3ncc(-c4cnn(C(N)=O)c4)cc23)c1F)S(=O)[O-]. The third-order valence-corrected chi connectivity index (χ3v) is 5.83. The zero-order valence-electron chi connectivity index (χ0n) is 17.6. The number of nitrogens with two attached hydrogens (primary N) is 1. The van der Waals surface area contributed by atoms with Crippen LogP contribution in [0.4, 0.5) is 19.3 Å². The van der Waals surface area contributed by atoms with Crippen LogP contribution in [0.15, 0.2) is 43.0 Å². The second kappa shape index (κ2) is 9.11. The summed E-state index contributed by atoms with van der Waals surface area (Å²) in [4.78, 5) is 31.5. The predicted molar refractivity (Wildman–Crippen MR) is 119 cm³/mol. The maximum Gasteiger partial charge on any atom is 0.339 e. The van der Waals surface area contributed by atoms with Crippen molar-refractivity contribution in [1.82, 2.24) is 19.7 Å². The predicted octanol–water partition coefficient (Wildman–Crippen LogP) is 2.87. The van der Waals surface area contributed by atoms with E-state index in [1.165, 1.54) is 24.8 Å². The van der Waals surface area contributed by atoms with Crippen LogP contribution in [0.1, 0.15) is 29.3 Å². The molecular formula is C21H17F2N6O4S-. The molecule has 13 heteroatoms. The Morgan fingerprint density at radius 1 is 1.26 bits per heavy atom. The van der Waals surface area contributed by atoms with E-state index in [1.54, 1.807) is 13.0 Å². The summed E-state index contributed by atoms with van der Waals surface area (Å²) in [5.41, 5.74) is 5.01. The van der Waals surface area contributed by atoms with Gasteiger partial charge in [-0.3, -0.25) is 13.3 Å². The lowest BCUT2D eigenvalue weighted by Crippen LogP contribution is -2.28. The van der Waals surface area contributed by atoms with Crippen molar-refractivity contribution >= 4 is 39.8 Å². The molecule has 0 saturated heterocycles. The number of halogens is 2. The Morgan fingerprint density at radius 3 is 2.68 bits per heavy atom. The van der Waals surface area contributed by atoms with Crippen LogP contribution in [-0.2, 0) is 11.3 Å². The molecule has 4 aromatic rings. The number of benzene rings is 1. The van der Waals surface area contributed by atoms with Gasteiger partial charge < -0.3 is 15.3 Å². The molecule has 3 heterocycles. The number of aromatic nitrogens is 4. The van der Waals surface area contributed by atoms with Gasteiger partial charge in [0.15, 0.2) is 5.82 Å². The molecule has 0 fully saturated rings. The highest BCUT2D eigenvalue weighted by atomic mass is 32.2. The van der Waals surface area contributed by atoms with Crippen molar-refractivity contribution in [1.29, 1.82) is 0 Å². The second-order valence-electron chi connectivity index (χ2n) is 7.24. The highest BCUT2D eigenvalue weighted by Crippen LogP contribution is 2.31. The van der Waals surface area contributed by atoms with Gasteiger partial charge >= 0.3 is 6.03 Å². The summed E-state index contributed by atoms with van der Waals surface area (Å²) < 4.78 is 54.7. The second-order valence-corrected chi connectivity index (χ2v) is 8.11. The number of carbonyl (C=O) groups is 2. The third kappa shape index (κ3) is 4.06. The summed E-state index contributed by atoms with van der Waals surface area (Å²) in [6.45, 7) is 1.64. The van der Waals surface area contributed by atoms with Gasteiger partial charge in [-0.2, -0.15) is 9.78 Å². The topological polar surface area (TPSA) is 150 Å². The molecule has 0 aliphatic heterocycles. The Bertz CT molecular complexity index is 1450. The van der Waals surface area contributed by atoms with E-state index in [2.05, 4.69) is 15.1 Å². The largest absolute Gasteiger partial charge is 0.755 e. The number of carbonyl (C=O) groups excluding carboxylic acids is 2. The van der Waals surface area contributed by atoms with Gasteiger partial charge in [0.2, 0.25) is 5.78 Å². The van der Waals surface area contributed by atoms with Crippen LogP contribution >= 0.6 is 0 Å². The number of pyridine rings is 1. The number of rotatable bonds is 7. The molecule has 10 nitrogen and oxygen atoms in total. The fourth-order valence-corrected chi connectivity index (χ4v) is 4.13. The van der Waals surface area contributed by atoms with E-state index in [0.29, 0.717) is 17.5 Å². The van der Waals surface area contributed by atoms with Crippen molar-refractivity contribution < 1.29 is 27.1 Å². The average Bonchev–Trinajstić information content (AvgIpc) is 3.45. The van der Waals surface area contributed by atoms with Gasteiger partial charge in [-0.05, 0) is 24.6 Å². The lowest BCUT2D eigenvalue weighted by atomic mass is 10.00. The van der Waals surface area contributed by atoms with E-state index in [9.17, 15) is 22.7 Å². The van der Waals surface area contributed by atoms with Gasteiger partial charge in [-0.1, -0.05) is 6.92 Å². The Hall–Kier alpha value is -3.97. The van der Waals surface area contributed by atoms with E-state index < -0.39 is 46.0 Å². The van der Waals surface area contributed by atoms with Gasteiger partial charge in [-0.15, -0.1) is 0 Å². The number of hydrogen-bond donors (Lipinski definition) is 2. The number of primary amides is 1. The standard InChI is InChI=1S/C21H18F2N6O4S/c1-2-5-29(34(32)33)16-4-3-15(22)17(18(16)23)19(30)14-9-26-20-13(14)6-11(7-25-20)12-8-27-28(10-12)21(24)31/h3-4,6-10H,2,5H2,1H3,(H2,24,31)(H,25,26)(H,32,33)/p-1. The minimum Gasteiger partial charge on any atom is -0.755 e. The van der Waals surface area contributed by atoms with Crippen molar-refractivity contribution in [3.8, 4) is 11.1 Å². The van der Waals surface area contributed by atoms with Crippen LogP contribution in [-0.4, -0.2) is 46.9 Å². The molecule has 0 aliphatic carbocycles. The van der Waals surface area contributed by atoms with Crippen molar-refractivity contribution in [3.63, 3.8) is 0 Å². The van der Waals surface area contributed by atoms with Crippen LogP contribution < -0.4 is 10.0 Å². The molecule has 0 saturated carbocycles. The molecule has 0 spiro atoms. The average molecular weight is 487 g/mol. The van der Waals surface area contributed by atoms with E-state index in [4.69, 9.17) is 5.73 Å². The minimum atomic E-state index is -2.82. The van der Waals surface area contributed by atoms with Gasteiger partial charge in [0.25, 0.3) is 0 Å². The minimum absolute atomic E-state index is 0.0500. The number of nitrogens with zero attached hydrogens (tertiary/aromatic N) is 4. The molecule has 176 valence electrons. The van der Waals surface area contributed by atoms with Crippen LogP contribution in [0.25, 0.3) is 22.2 Å². The van der Waals surface area contributed by atoms with E-state index in [0.717, 1.165) is 21.1 Å².